The number of nitrogens with zero attached hydrogens (tertiary/aromatic N) is 1. The summed E-state index contributed by atoms with van der Waals surface area (Å²) in [7, 11) is -3.34. The second-order valence-corrected chi connectivity index (χ2v) is 8.64. The molecule has 0 heterocycles. The average molecular weight is 284 g/mol. The predicted molar refractivity (Wildman–Crippen MR) is 80.2 cm³/mol. The van der Waals surface area contributed by atoms with Gasteiger partial charge in [0.2, 0.25) is 10.0 Å². The van der Waals surface area contributed by atoms with Gasteiger partial charge in [0.25, 0.3) is 0 Å². The lowest BCUT2D eigenvalue weighted by Gasteiger charge is -2.32. The van der Waals surface area contributed by atoms with Crippen molar-refractivity contribution in [2.75, 3.05) is 5.73 Å². The van der Waals surface area contributed by atoms with Crippen molar-refractivity contribution in [2.45, 2.75) is 52.0 Å². The number of anilines is 1. The summed E-state index contributed by atoms with van der Waals surface area (Å²) in [5.74, 6) is 0. The summed E-state index contributed by atoms with van der Waals surface area (Å²) in [5, 5.41) is 0. The summed E-state index contributed by atoms with van der Waals surface area (Å²) >= 11 is 0. The summed E-state index contributed by atoms with van der Waals surface area (Å²) in [5.41, 5.74) is 7.26. The van der Waals surface area contributed by atoms with Gasteiger partial charge < -0.3 is 5.73 Å². The molecular weight excluding hydrogens is 260 g/mol. The highest BCUT2D eigenvalue weighted by molar-refractivity contribution is 7.90. The minimum absolute atomic E-state index is 0.0817. The molecule has 0 saturated heterocycles. The van der Waals surface area contributed by atoms with E-state index in [0.29, 0.717) is 12.2 Å². The monoisotopic (exact) mass is 284 g/mol. The molecular formula is C14H24N2O2S. The number of hydrogen-bond acceptors (Lipinski definition) is 3. The van der Waals surface area contributed by atoms with E-state index in [0.717, 1.165) is 5.56 Å². The molecule has 2 N–H and O–H groups in total. The Hall–Kier alpha value is -1.07. The minimum atomic E-state index is -3.34. The maximum absolute atomic E-state index is 12.6. The number of sulfonamides is 1. The maximum Gasteiger partial charge on any atom is 0.219 e. The van der Waals surface area contributed by atoms with Crippen LogP contribution < -0.4 is 5.73 Å². The molecule has 0 aliphatic heterocycles. The molecule has 0 spiro atoms. The van der Waals surface area contributed by atoms with E-state index in [1.54, 1.807) is 37.2 Å². The lowest BCUT2D eigenvalue weighted by Crippen LogP contribution is -2.45. The fourth-order valence-electron chi connectivity index (χ4n) is 1.70. The lowest BCUT2D eigenvalue weighted by molar-refractivity contribution is 0.336. The summed E-state index contributed by atoms with van der Waals surface area (Å²) in [6, 6.07) is 7.22. The maximum atomic E-state index is 12.6. The first-order chi connectivity index (χ1) is 8.55. The third-order valence-corrected chi connectivity index (χ3v) is 5.69. The van der Waals surface area contributed by atoms with Crippen molar-refractivity contribution in [3.05, 3.63) is 29.8 Å². The van der Waals surface area contributed by atoms with Crippen molar-refractivity contribution >= 4 is 15.7 Å². The lowest BCUT2D eigenvalue weighted by atomic mass is 10.2. The van der Waals surface area contributed by atoms with Crippen molar-refractivity contribution in [3.8, 4) is 0 Å². The zero-order valence-electron chi connectivity index (χ0n) is 12.3. The van der Waals surface area contributed by atoms with E-state index in [1.807, 2.05) is 26.0 Å². The van der Waals surface area contributed by atoms with Gasteiger partial charge in [-0.25, -0.2) is 8.42 Å². The third kappa shape index (κ3) is 3.70. The van der Waals surface area contributed by atoms with E-state index in [1.165, 1.54) is 0 Å². The molecule has 0 radical (unpaired) electrons. The van der Waals surface area contributed by atoms with Crippen LogP contribution in [0.25, 0.3) is 0 Å². The Morgan fingerprint density at radius 3 is 2.00 bits per heavy atom. The minimum Gasteiger partial charge on any atom is -0.399 e. The summed E-state index contributed by atoms with van der Waals surface area (Å²) < 4.78 is 25.9. The number of benzene rings is 1. The van der Waals surface area contributed by atoms with Crippen molar-refractivity contribution in [2.24, 2.45) is 0 Å². The van der Waals surface area contributed by atoms with E-state index in [4.69, 9.17) is 5.73 Å². The van der Waals surface area contributed by atoms with E-state index in [2.05, 4.69) is 0 Å². The van der Waals surface area contributed by atoms with E-state index in [-0.39, 0.29) is 6.04 Å². The van der Waals surface area contributed by atoms with Gasteiger partial charge in [-0.3, -0.25) is 0 Å². The molecule has 4 nitrogen and oxygen atoms in total. The Morgan fingerprint density at radius 1 is 1.16 bits per heavy atom. The quantitative estimate of drug-likeness (QED) is 0.864. The van der Waals surface area contributed by atoms with Gasteiger partial charge in [0.15, 0.2) is 0 Å². The topological polar surface area (TPSA) is 63.4 Å². The fraction of sp³-hybridized carbons (Fsp3) is 0.571. The largest absolute Gasteiger partial charge is 0.399 e. The number of hydrogen-bond donors (Lipinski definition) is 1. The molecule has 1 aromatic rings. The van der Waals surface area contributed by atoms with Gasteiger partial charge in [-0.1, -0.05) is 12.1 Å². The van der Waals surface area contributed by atoms with Crippen LogP contribution in [0.2, 0.25) is 0 Å². The van der Waals surface area contributed by atoms with Crippen LogP contribution in [-0.4, -0.2) is 23.5 Å². The summed E-state index contributed by atoms with van der Waals surface area (Å²) in [4.78, 5) is 0. The van der Waals surface area contributed by atoms with Crippen LogP contribution in [0.3, 0.4) is 0 Å². The molecule has 1 rings (SSSR count). The standard InChI is InChI=1S/C14H24N2O2S/c1-11(2)16(19(17,18)14(3,4)5)10-12-6-8-13(15)9-7-12/h6-9,11H,10,15H2,1-5H3. The Balaban J connectivity index is 3.07. The molecule has 0 aliphatic carbocycles. The molecule has 0 bridgehead atoms. The van der Waals surface area contributed by atoms with Crippen LogP contribution in [0, 0.1) is 0 Å². The first-order valence-corrected chi connectivity index (χ1v) is 7.85. The molecule has 0 amide bonds. The van der Waals surface area contributed by atoms with Gasteiger partial charge in [-0.2, -0.15) is 4.31 Å². The zero-order valence-corrected chi connectivity index (χ0v) is 13.2. The normalized spacial score (nSPS) is 13.2. The van der Waals surface area contributed by atoms with Gasteiger partial charge >= 0.3 is 0 Å². The van der Waals surface area contributed by atoms with Crippen LogP contribution in [0.4, 0.5) is 5.69 Å². The van der Waals surface area contributed by atoms with Crippen LogP contribution >= 0.6 is 0 Å². The Kier molecular flexibility index (Phi) is 4.63. The van der Waals surface area contributed by atoms with Gasteiger partial charge in [0.1, 0.15) is 0 Å². The van der Waals surface area contributed by atoms with Gasteiger partial charge in [0, 0.05) is 18.3 Å². The molecule has 0 saturated carbocycles. The second kappa shape index (κ2) is 5.51. The molecule has 0 unspecified atom stereocenters. The van der Waals surface area contributed by atoms with Gasteiger partial charge in [-0.05, 0) is 52.3 Å². The number of nitrogens with two attached hydrogens (primary N) is 1. The fourth-order valence-corrected chi connectivity index (χ4v) is 3.28. The highest BCUT2D eigenvalue weighted by Crippen LogP contribution is 2.24. The molecule has 0 fully saturated rings. The number of rotatable bonds is 4. The Labute approximate surface area is 116 Å². The molecule has 0 aliphatic rings. The van der Waals surface area contributed by atoms with Gasteiger partial charge in [-0.15, -0.1) is 0 Å². The molecule has 19 heavy (non-hydrogen) atoms. The molecule has 0 aromatic heterocycles. The molecule has 5 heteroatoms. The first-order valence-electron chi connectivity index (χ1n) is 6.41. The molecule has 1 aromatic carbocycles. The van der Waals surface area contributed by atoms with Crippen LogP contribution in [0.1, 0.15) is 40.2 Å². The van der Waals surface area contributed by atoms with Crippen molar-refractivity contribution < 1.29 is 8.42 Å². The van der Waals surface area contributed by atoms with E-state index < -0.39 is 14.8 Å². The highest BCUT2D eigenvalue weighted by atomic mass is 32.2. The van der Waals surface area contributed by atoms with E-state index in [9.17, 15) is 8.42 Å². The van der Waals surface area contributed by atoms with Crippen LogP contribution in [-0.2, 0) is 16.6 Å². The second-order valence-electron chi connectivity index (χ2n) is 6.00. The average Bonchev–Trinajstić information content (AvgIpc) is 2.25. The Bertz CT molecular complexity index is 513. The van der Waals surface area contributed by atoms with Crippen LogP contribution in [0.5, 0.6) is 0 Å². The SMILES string of the molecule is CC(C)N(Cc1ccc(N)cc1)S(=O)(=O)C(C)(C)C. The zero-order chi connectivity index (χ0) is 14.8. The van der Waals surface area contributed by atoms with Gasteiger partial charge in [0.05, 0.1) is 4.75 Å². The highest BCUT2D eigenvalue weighted by Gasteiger charge is 2.36. The molecule has 108 valence electrons. The smallest absolute Gasteiger partial charge is 0.219 e. The third-order valence-electron chi connectivity index (χ3n) is 2.98. The first kappa shape index (κ1) is 16.0. The van der Waals surface area contributed by atoms with Crippen molar-refractivity contribution in [3.63, 3.8) is 0 Å². The van der Waals surface area contributed by atoms with Crippen molar-refractivity contribution in [1.82, 2.24) is 4.31 Å². The van der Waals surface area contributed by atoms with Crippen LogP contribution in [0.15, 0.2) is 24.3 Å². The summed E-state index contributed by atoms with van der Waals surface area (Å²) in [6.07, 6.45) is 0. The number of nitrogen functional groups attached to an aromatic ring is 1. The predicted octanol–water partition coefficient (Wildman–Crippen LogP) is 2.61. The Morgan fingerprint density at radius 2 is 1.63 bits per heavy atom. The van der Waals surface area contributed by atoms with E-state index >= 15 is 0 Å². The molecule has 0 atom stereocenters. The summed E-state index contributed by atoms with van der Waals surface area (Å²) in [6.45, 7) is 9.32. The van der Waals surface area contributed by atoms with Crippen molar-refractivity contribution in [1.29, 1.82) is 0 Å².